The molecule has 1 aromatic rings. The Balaban J connectivity index is 1.74. The molecule has 2 atom stereocenters. The number of hydrogen-bond acceptors (Lipinski definition) is 3. The molecular weight excluding hydrogens is 257 g/mol. The van der Waals surface area contributed by atoms with Crippen LogP contribution in [0.3, 0.4) is 0 Å². The van der Waals surface area contributed by atoms with Crippen LogP contribution >= 0.6 is 0 Å². The average Bonchev–Trinajstić information content (AvgIpc) is 2.39. The van der Waals surface area contributed by atoms with Gasteiger partial charge < -0.3 is 15.2 Å². The van der Waals surface area contributed by atoms with Gasteiger partial charge in [0.2, 0.25) is 0 Å². The van der Waals surface area contributed by atoms with Crippen LogP contribution < -0.4 is 10.5 Å². The topological polar surface area (TPSA) is 44.5 Å². The van der Waals surface area contributed by atoms with E-state index >= 15 is 0 Å². The van der Waals surface area contributed by atoms with E-state index in [0.717, 1.165) is 37.9 Å². The highest BCUT2D eigenvalue weighted by Gasteiger charge is 2.43. The number of nitrogens with two attached hydrogens (primary N) is 1. The molecule has 20 heavy (non-hydrogen) atoms. The summed E-state index contributed by atoms with van der Waals surface area (Å²) in [5.74, 6) is 0.440. The molecule has 2 N–H and O–H groups in total. The molecule has 2 aliphatic rings. The summed E-state index contributed by atoms with van der Waals surface area (Å²) in [6, 6.07) is 4.35. The maximum absolute atomic E-state index is 13.3. The molecule has 0 bridgehead atoms. The van der Waals surface area contributed by atoms with E-state index in [1.807, 2.05) is 6.92 Å². The SMILES string of the molecule is CC(N)c1cc(F)ccc1OC1CCOC2(CCC2)C1. The minimum atomic E-state index is -0.271. The number of rotatable bonds is 3. The smallest absolute Gasteiger partial charge is 0.124 e. The summed E-state index contributed by atoms with van der Waals surface area (Å²) in [6.07, 6.45) is 5.48. The van der Waals surface area contributed by atoms with E-state index in [-0.39, 0.29) is 23.6 Å². The third kappa shape index (κ3) is 2.67. The third-order valence-electron chi connectivity index (χ3n) is 4.47. The first-order valence-electron chi connectivity index (χ1n) is 7.44. The predicted octanol–water partition coefficient (Wildman–Crippen LogP) is 3.33. The summed E-state index contributed by atoms with van der Waals surface area (Å²) < 4.78 is 25.4. The van der Waals surface area contributed by atoms with Crippen LogP contribution in [0.25, 0.3) is 0 Å². The molecule has 1 saturated carbocycles. The second kappa shape index (κ2) is 5.34. The summed E-state index contributed by atoms with van der Waals surface area (Å²) in [7, 11) is 0. The molecule has 1 aromatic carbocycles. The molecule has 4 heteroatoms. The van der Waals surface area contributed by atoms with Gasteiger partial charge in [-0.05, 0) is 44.4 Å². The van der Waals surface area contributed by atoms with Crippen molar-refractivity contribution in [2.75, 3.05) is 6.61 Å². The molecule has 2 fully saturated rings. The van der Waals surface area contributed by atoms with Crippen LogP contribution in [-0.2, 0) is 4.74 Å². The first kappa shape index (κ1) is 13.8. The second-order valence-electron chi connectivity index (χ2n) is 6.09. The zero-order valence-electron chi connectivity index (χ0n) is 11.9. The highest BCUT2D eigenvalue weighted by atomic mass is 19.1. The van der Waals surface area contributed by atoms with E-state index in [1.165, 1.54) is 18.6 Å². The Labute approximate surface area is 119 Å². The van der Waals surface area contributed by atoms with Crippen molar-refractivity contribution in [1.29, 1.82) is 0 Å². The zero-order chi connectivity index (χ0) is 14.2. The van der Waals surface area contributed by atoms with Crippen molar-refractivity contribution >= 4 is 0 Å². The van der Waals surface area contributed by atoms with Crippen molar-refractivity contribution < 1.29 is 13.9 Å². The molecule has 1 saturated heterocycles. The monoisotopic (exact) mass is 279 g/mol. The van der Waals surface area contributed by atoms with Gasteiger partial charge in [0.05, 0.1) is 12.2 Å². The van der Waals surface area contributed by atoms with E-state index in [1.54, 1.807) is 6.07 Å². The van der Waals surface area contributed by atoms with Crippen molar-refractivity contribution in [2.24, 2.45) is 5.73 Å². The van der Waals surface area contributed by atoms with Gasteiger partial charge in [0.1, 0.15) is 17.7 Å². The van der Waals surface area contributed by atoms with Crippen molar-refractivity contribution in [2.45, 2.75) is 56.8 Å². The summed E-state index contributed by atoms with van der Waals surface area (Å²) in [5, 5.41) is 0. The highest BCUT2D eigenvalue weighted by Crippen LogP contribution is 2.43. The van der Waals surface area contributed by atoms with Crippen LogP contribution in [0.2, 0.25) is 0 Å². The van der Waals surface area contributed by atoms with Crippen LogP contribution in [0.4, 0.5) is 4.39 Å². The fourth-order valence-corrected chi connectivity index (χ4v) is 3.16. The lowest BCUT2D eigenvalue weighted by molar-refractivity contribution is -0.153. The molecule has 1 aliphatic heterocycles. The molecule has 1 heterocycles. The van der Waals surface area contributed by atoms with Crippen molar-refractivity contribution in [3.8, 4) is 5.75 Å². The van der Waals surface area contributed by atoms with Crippen LogP contribution in [0.1, 0.15) is 50.6 Å². The molecule has 3 rings (SSSR count). The molecule has 1 spiro atoms. The Morgan fingerprint density at radius 3 is 2.90 bits per heavy atom. The van der Waals surface area contributed by atoms with Gasteiger partial charge in [-0.2, -0.15) is 0 Å². The second-order valence-corrected chi connectivity index (χ2v) is 6.09. The van der Waals surface area contributed by atoms with E-state index < -0.39 is 0 Å². The summed E-state index contributed by atoms with van der Waals surface area (Å²) >= 11 is 0. The van der Waals surface area contributed by atoms with Crippen LogP contribution in [0.5, 0.6) is 5.75 Å². The lowest BCUT2D eigenvalue weighted by atomic mass is 9.74. The Bertz CT molecular complexity index is 485. The van der Waals surface area contributed by atoms with Crippen molar-refractivity contribution in [1.82, 2.24) is 0 Å². The van der Waals surface area contributed by atoms with Gasteiger partial charge in [0.15, 0.2) is 0 Å². The van der Waals surface area contributed by atoms with Gasteiger partial charge in [-0.25, -0.2) is 4.39 Å². The molecule has 3 nitrogen and oxygen atoms in total. The highest BCUT2D eigenvalue weighted by molar-refractivity contribution is 5.36. The predicted molar refractivity (Wildman–Crippen MR) is 75.2 cm³/mol. The van der Waals surface area contributed by atoms with Gasteiger partial charge in [0, 0.05) is 24.4 Å². The van der Waals surface area contributed by atoms with E-state index in [4.69, 9.17) is 15.2 Å². The fourth-order valence-electron chi connectivity index (χ4n) is 3.16. The number of hydrogen-bond donors (Lipinski definition) is 1. The van der Waals surface area contributed by atoms with Crippen LogP contribution in [0.15, 0.2) is 18.2 Å². The lowest BCUT2D eigenvalue weighted by Crippen LogP contribution is -2.48. The minimum absolute atomic E-state index is 0.0530. The molecule has 2 unspecified atom stereocenters. The normalized spacial score (nSPS) is 26.1. The number of halogens is 1. The first-order valence-corrected chi connectivity index (χ1v) is 7.44. The molecule has 0 aromatic heterocycles. The molecule has 110 valence electrons. The van der Waals surface area contributed by atoms with Gasteiger partial charge in [0.25, 0.3) is 0 Å². The summed E-state index contributed by atoms with van der Waals surface area (Å²) in [6.45, 7) is 2.60. The fraction of sp³-hybridized carbons (Fsp3) is 0.625. The maximum atomic E-state index is 13.3. The minimum Gasteiger partial charge on any atom is -0.490 e. The average molecular weight is 279 g/mol. The van der Waals surface area contributed by atoms with Crippen LogP contribution in [0, 0.1) is 5.82 Å². The Hall–Kier alpha value is -1.13. The summed E-state index contributed by atoms with van der Waals surface area (Å²) in [5.41, 5.74) is 6.70. The van der Waals surface area contributed by atoms with Gasteiger partial charge in [-0.15, -0.1) is 0 Å². The standard InChI is InChI=1S/C16H22FNO2/c1-11(18)14-9-12(17)3-4-15(14)20-13-5-8-19-16(10-13)6-2-7-16/h3-4,9,11,13H,2,5-8,10,18H2,1H3. The van der Waals surface area contributed by atoms with Gasteiger partial charge in [-0.3, -0.25) is 0 Å². The molecule has 1 aliphatic carbocycles. The quantitative estimate of drug-likeness (QED) is 0.923. The Morgan fingerprint density at radius 1 is 1.45 bits per heavy atom. The third-order valence-corrected chi connectivity index (χ3v) is 4.47. The number of benzene rings is 1. The Kier molecular flexibility index (Phi) is 3.69. The molecular formula is C16H22FNO2. The van der Waals surface area contributed by atoms with E-state index in [0.29, 0.717) is 5.75 Å². The Morgan fingerprint density at radius 2 is 2.25 bits per heavy atom. The van der Waals surface area contributed by atoms with Crippen molar-refractivity contribution in [3.05, 3.63) is 29.6 Å². The number of ether oxygens (including phenoxy) is 2. The van der Waals surface area contributed by atoms with Gasteiger partial charge in [-0.1, -0.05) is 0 Å². The molecule has 0 amide bonds. The largest absolute Gasteiger partial charge is 0.490 e. The summed E-state index contributed by atoms with van der Waals surface area (Å²) in [4.78, 5) is 0. The first-order chi connectivity index (χ1) is 9.58. The molecule has 0 radical (unpaired) electrons. The van der Waals surface area contributed by atoms with E-state index in [2.05, 4.69) is 0 Å². The van der Waals surface area contributed by atoms with E-state index in [9.17, 15) is 4.39 Å². The lowest BCUT2D eigenvalue weighted by Gasteiger charge is -2.47. The maximum Gasteiger partial charge on any atom is 0.124 e. The van der Waals surface area contributed by atoms with Gasteiger partial charge >= 0.3 is 0 Å². The zero-order valence-corrected chi connectivity index (χ0v) is 11.9. The van der Waals surface area contributed by atoms with Crippen molar-refractivity contribution in [3.63, 3.8) is 0 Å². The van der Waals surface area contributed by atoms with Crippen LogP contribution in [-0.4, -0.2) is 18.3 Å².